The van der Waals surface area contributed by atoms with Gasteiger partial charge in [-0.1, -0.05) is 6.07 Å². The van der Waals surface area contributed by atoms with Gasteiger partial charge in [0.15, 0.2) is 5.69 Å². The van der Waals surface area contributed by atoms with Crippen LogP contribution in [0.2, 0.25) is 0 Å². The summed E-state index contributed by atoms with van der Waals surface area (Å²) >= 11 is 0. The lowest BCUT2D eigenvalue weighted by Gasteiger charge is -2.11. The maximum atomic E-state index is 13.1. The lowest BCUT2D eigenvalue weighted by molar-refractivity contribution is -0.139. The van der Waals surface area contributed by atoms with E-state index >= 15 is 0 Å². The molecule has 0 spiro atoms. The molecule has 0 radical (unpaired) electrons. The number of anilines is 2. The molecule has 1 aromatic heterocycles. The van der Waals surface area contributed by atoms with Crippen molar-refractivity contribution in [2.75, 3.05) is 5.32 Å². The minimum Gasteiger partial charge on any atom is -0.477 e. The molecule has 2 N–H and O–H groups in total. The number of rotatable bonds is 3. The quantitative estimate of drug-likeness (QED) is 0.849. The first-order valence-corrected chi connectivity index (χ1v) is 5.61. The van der Waals surface area contributed by atoms with Crippen LogP contribution in [0.25, 0.3) is 0 Å². The SMILES string of the molecule is O=C(O)c1cccc(Nc2ccc(F)c(C(F)(F)F)c2)n1. The molecule has 21 heavy (non-hydrogen) atoms. The fourth-order valence-electron chi connectivity index (χ4n) is 1.59. The van der Waals surface area contributed by atoms with E-state index in [4.69, 9.17) is 5.11 Å². The normalized spacial score (nSPS) is 11.2. The van der Waals surface area contributed by atoms with E-state index in [9.17, 15) is 22.4 Å². The molecule has 0 fully saturated rings. The van der Waals surface area contributed by atoms with Crippen LogP contribution in [0.3, 0.4) is 0 Å². The Labute approximate surface area is 116 Å². The lowest BCUT2D eigenvalue weighted by atomic mass is 10.2. The maximum Gasteiger partial charge on any atom is 0.419 e. The van der Waals surface area contributed by atoms with Crippen molar-refractivity contribution in [3.8, 4) is 0 Å². The summed E-state index contributed by atoms with van der Waals surface area (Å²) in [6.45, 7) is 0. The molecule has 0 aliphatic rings. The minimum absolute atomic E-state index is 0.0367. The van der Waals surface area contributed by atoms with Crippen molar-refractivity contribution in [2.24, 2.45) is 0 Å². The molecular weight excluding hydrogens is 292 g/mol. The summed E-state index contributed by atoms with van der Waals surface area (Å²) in [6.07, 6.45) is -4.82. The number of halogens is 4. The molecule has 0 bridgehead atoms. The topological polar surface area (TPSA) is 62.2 Å². The number of hydrogen-bond acceptors (Lipinski definition) is 3. The van der Waals surface area contributed by atoms with Crippen LogP contribution >= 0.6 is 0 Å². The van der Waals surface area contributed by atoms with Gasteiger partial charge in [-0.3, -0.25) is 0 Å². The molecule has 0 saturated carbocycles. The Morgan fingerprint density at radius 2 is 1.90 bits per heavy atom. The van der Waals surface area contributed by atoms with E-state index in [1.54, 1.807) is 0 Å². The number of hydrogen-bond donors (Lipinski definition) is 2. The molecule has 0 unspecified atom stereocenters. The van der Waals surface area contributed by atoms with Crippen LogP contribution in [0, 0.1) is 5.82 Å². The molecule has 0 amide bonds. The molecule has 2 aromatic rings. The van der Waals surface area contributed by atoms with E-state index in [2.05, 4.69) is 10.3 Å². The zero-order valence-electron chi connectivity index (χ0n) is 10.3. The second-order valence-corrected chi connectivity index (χ2v) is 4.03. The maximum absolute atomic E-state index is 13.1. The van der Waals surface area contributed by atoms with Crippen LogP contribution < -0.4 is 5.32 Å². The number of benzene rings is 1. The highest BCUT2D eigenvalue weighted by molar-refractivity contribution is 5.85. The number of nitrogens with zero attached hydrogens (tertiary/aromatic N) is 1. The average molecular weight is 300 g/mol. The highest BCUT2D eigenvalue weighted by atomic mass is 19.4. The molecule has 4 nitrogen and oxygen atoms in total. The number of carboxylic acid groups (broad SMARTS) is 1. The Balaban J connectivity index is 2.32. The van der Waals surface area contributed by atoms with E-state index in [1.165, 1.54) is 18.2 Å². The van der Waals surface area contributed by atoms with E-state index in [0.717, 1.165) is 6.07 Å². The van der Waals surface area contributed by atoms with Gasteiger partial charge in [-0.2, -0.15) is 13.2 Å². The van der Waals surface area contributed by atoms with Crippen LogP contribution in [-0.2, 0) is 6.18 Å². The predicted molar refractivity (Wildman–Crippen MR) is 65.9 cm³/mol. The Hall–Kier alpha value is -2.64. The smallest absolute Gasteiger partial charge is 0.419 e. The third-order valence-electron chi connectivity index (χ3n) is 2.51. The van der Waals surface area contributed by atoms with Crippen molar-refractivity contribution < 1.29 is 27.5 Å². The summed E-state index contributed by atoms with van der Waals surface area (Å²) in [6, 6.07) is 6.35. The van der Waals surface area contributed by atoms with Gasteiger partial charge in [-0.05, 0) is 30.3 Å². The monoisotopic (exact) mass is 300 g/mol. The van der Waals surface area contributed by atoms with Crippen molar-refractivity contribution in [3.63, 3.8) is 0 Å². The molecule has 110 valence electrons. The first kappa shape index (κ1) is 14.8. The summed E-state index contributed by atoms with van der Waals surface area (Å²) in [5.74, 6) is -2.62. The van der Waals surface area contributed by atoms with Gasteiger partial charge in [-0.15, -0.1) is 0 Å². The van der Waals surface area contributed by atoms with Gasteiger partial charge in [0, 0.05) is 5.69 Å². The first-order valence-electron chi connectivity index (χ1n) is 5.61. The average Bonchev–Trinajstić information content (AvgIpc) is 2.40. The van der Waals surface area contributed by atoms with Crippen LogP contribution in [0.15, 0.2) is 36.4 Å². The Morgan fingerprint density at radius 1 is 1.19 bits per heavy atom. The number of aromatic carboxylic acids is 1. The highest BCUT2D eigenvalue weighted by Crippen LogP contribution is 2.33. The van der Waals surface area contributed by atoms with Crippen LogP contribution in [0.4, 0.5) is 29.1 Å². The highest BCUT2D eigenvalue weighted by Gasteiger charge is 2.34. The standard InChI is InChI=1S/C13H8F4N2O2/c14-9-5-4-7(6-8(9)13(15,16)17)18-11-3-1-2-10(19-11)12(20)21/h1-6H,(H,18,19)(H,20,21). The van der Waals surface area contributed by atoms with Crippen molar-refractivity contribution in [1.29, 1.82) is 0 Å². The fourth-order valence-corrected chi connectivity index (χ4v) is 1.59. The van der Waals surface area contributed by atoms with Gasteiger partial charge in [-0.25, -0.2) is 14.2 Å². The van der Waals surface area contributed by atoms with Crippen LogP contribution in [-0.4, -0.2) is 16.1 Å². The summed E-state index contributed by atoms with van der Waals surface area (Å²) in [4.78, 5) is 14.4. The number of pyridine rings is 1. The molecular formula is C13H8F4N2O2. The van der Waals surface area contributed by atoms with Crippen LogP contribution in [0.1, 0.15) is 16.1 Å². The Morgan fingerprint density at radius 3 is 2.52 bits per heavy atom. The fraction of sp³-hybridized carbons (Fsp3) is 0.0769. The number of carbonyl (C=O) groups is 1. The summed E-state index contributed by atoms with van der Waals surface area (Å²) < 4.78 is 50.9. The predicted octanol–water partition coefficient (Wildman–Crippen LogP) is 3.68. The Bertz CT molecular complexity index is 686. The van der Waals surface area contributed by atoms with Gasteiger partial charge in [0.25, 0.3) is 0 Å². The molecule has 8 heteroatoms. The third-order valence-corrected chi connectivity index (χ3v) is 2.51. The zero-order chi connectivity index (χ0) is 15.6. The summed E-state index contributed by atoms with van der Waals surface area (Å²) in [5, 5.41) is 11.3. The molecule has 1 heterocycles. The van der Waals surface area contributed by atoms with Crippen molar-refractivity contribution in [3.05, 3.63) is 53.5 Å². The molecule has 0 aliphatic heterocycles. The van der Waals surface area contributed by atoms with Crippen molar-refractivity contribution >= 4 is 17.5 Å². The third kappa shape index (κ3) is 3.47. The minimum atomic E-state index is -4.82. The van der Waals surface area contributed by atoms with E-state index in [0.29, 0.717) is 12.1 Å². The molecule has 0 aliphatic carbocycles. The van der Waals surface area contributed by atoms with Crippen LogP contribution in [0.5, 0.6) is 0 Å². The van der Waals surface area contributed by atoms with Gasteiger partial charge in [0.05, 0.1) is 5.56 Å². The van der Waals surface area contributed by atoms with E-state index < -0.39 is 23.5 Å². The lowest BCUT2D eigenvalue weighted by Crippen LogP contribution is -2.09. The second kappa shape index (κ2) is 5.39. The van der Waals surface area contributed by atoms with Gasteiger partial charge >= 0.3 is 12.1 Å². The number of aromatic nitrogens is 1. The first-order chi connectivity index (χ1) is 9.77. The van der Waals surface area contributed by atoms with Crippen molar-refractivity contribution in [2.45, 2.75) is 6.18 Å². The van der Waals surface area contributed by atoms with Gasteiger partial charge in [0.1, 0.15) is 11.6 Å². The molecule has 2 rings (SSSR count). The number of nitrogens with one attached hydrogen (secondary N) is 1. The Kier molecular flexibility index (Phi) is 3.79. The number of alkyl halides is 3. The van der Waals surface area contributed by atoms with E-state index in [-0.39, 0.29) is 17.2 Å². The second-order valence-electron chi connectivity index (χ2n) is 4.03. The van der Waals surface area contributed by atoms with Gasteiger partial charge < -0.3 is 10.4 Å². The molecule has 1 aromatic carbocycles. The summed E-state index contributed by atoms with van der Waals surface area (Å²) in [7, 11) is 0. The molecule has 0 atom stereocenters. The van der Waals surface area contributed by atoms with Crippen molar-refractivity contribution in [1.82, 2.24) is 4.98 Å². The van der Waals surface area contributed by atoms with E-state index in [1.807, 2.05) is 0 Å². The zero-order valence-corrected chi connectivity index (χ0v) is 10.3. The molecule has 0 saturated heterocycles. The summed E-state index contributed by atoms with van der Waals surface area (Å²) in [5.41, 5.74) is -1.74. The number of carboxylic acids is 1. The largest absolute Gasteiger partial charge is 0.477 e. The van der Waals surface area contributed by atoms with Gasteiger partial charge in [0.2, 0.25) is 0 Å².